The van der Waals surface area contributed by atoms with Crippen molar-refractivity contribution >= 4 is 42.4 Å². The molecular weight excluding hydrogens is 404 g/mol. The lowest BCUT2D eigenvalue weighted by Gasteiger charge is -2.16. The molecule has 0 aliphatic rings. The summed E-state index contributed by atoms with van der Waals surface area (Å²) in [5.41, 5.74) is 2.42. The van der Waals surface area contributed by atoms with Crippen molar-refractivity contribution in [3.63, 3.8) is 0 Å². The van der Waals surface area contributed by atoms with Gasteiger partial charge in [0, 0.05) is 6.26 Å². The highest BCUT2D eigenvalue weighted by Gasteiger charge is 2.23. The molecule has 0 aliphatic heterocycles. The molecule has 0 saturated heterocycles. The van der Waals surface area contributed by atoms with Crippen molar-refractivity contribution in [1.82, 2.24) is 4.98 Å². The Labute approximate surface area is 173 Å². The smallest absolute Gasteiger partial charge is 0.238 e. The first-order chi connectivity index (χ1) is 13.9. The summed E-state index contributed by atoms with van der Waals surface area (Å²) in [5, 5.41) is 3.34. The van der Waals surface area contributed by atoms with E-state index in [4.69, 9.17) is 0 Å². The maximum Gasteiger partial charge on any atom is 0.238 e. The van der Waals surface area contributed by atoms with Gasteiger partial charge in [0.1, 0.15) is 0 Å². The Bertz CT molecular complexity index is 1230. The van der Waals surface area contributed by atoms with Gasteiger partial charge in [0.15, 0.2) is 15.0 Å². The minimum atomic E-state index is -3.30. The molecule has 0 atom stereocenters. The highest BCUT2D eigenvalue weighted by atomic mass is 32.2. The van der Waals surface area contributed by atoms with Crippen molar-refractivity contribution in [3.8, 4) is 0 Å². The van der Waals surface area contributed by atoms with Gasteiger partial charge in [-0.05, 0) is 29.3 Å². The average molecular weight is 423 g/mol. The second-order valence-corrected chi connectivity index (χ2v) is 9.71. The number of fused-ring (bicyclic) bond motifs is 1. The molecule has 0 unspecified atom stereocenters. The summed E-state index contributed by atoms with van der Waals surface area (Å²) in [6, 6.07) is 23.9. The van der Waals surface area contributed by atoms with E-state index in [1.165, 1.54) is 23.7 Å². The molecule has 29 heavy (non-hydrogen) atoms. The molecule has 0 fully saturated rings. The number of nitrogens with one attached hydrogen (secondary N) is 1. The first-order valence-electron chi connectivity index (χ1n) is 8.93. The first kappa shape index (κ1) is 19.3. The van der Waals surface area contributed by atoms with E-state index < -0.39 is 15.8 Å². The van der Waals surface area contributed by atoms with E-state index >= 15 is 0 Å². The van der Waals surface area contributed by atoms with Gasteiger partial charge in [0.05, 0.1) is 21.0 Å². The Morgan fingerprint density at radius 3 is 2.07 bits per heavy atom. The number of nitrogens with zero attached hydrogens (tertiary/aromatic N) is 1. The number of hydrogen-bond acceptors (Lipinski definition) is 5. The fourth-order valence-electron chi connectivity index (χ4n) is 3.15. The molecule has 5 nitrogen and oxygen atoms in total. The van der Waals surface area contributed by atoms with Crippen LogP contribution in [0.3, 0.4) is 0 Å². The lowest BCUT2D eigenvalue weighted by Crippen LogP contribution is -2.22. The van der Waals surface area contributed by atoms with Crippen molar-refractivity contribution < 1.29 is 13.2 Å². The summed E-state index contributed by atoms with van der Waals surface area (Å²) in [5.74, 6) is -0.666. The normalized spacial score (nSPS) is 11.7. The second kappa shape index (κ2) is 7.77. The van der Waals surface area contributed by atoms with Gasteiger partial charge < -0.3 is 5.32 Å². The number of rotatable bonds is 5. The largest absolute Gasteiger partial charge is 0.301 e. The molecule has 0 bridgehead atoms. The van der Waals surface area contributed by atoms with Crippen LogP contribution in [0.5, 0.6) is 0 Å². The molecule has 0 radical (unpaired) electrons. The second-order valence-electron chi connectivity index (χ2n) is 6.66. The fourth-order valence-corrected chi connectivity index (χ4v) is 4.78. The van der Waals surface area contributed by atoms with E-state index in [2.05, 4.69) is 10.3 Å². The SMILES string of the molecule is CS(=O)(=O)c1ccc2nc(NC(=O)C(c3ccccc3)c3ccccc3)sc2c1. The predicted octanol–water partition coefficient (Wildman–Crippen LogP) is 4.47. The van der Waals surface area contributed by atoms with Gasteiger partial charge in [-0.3, -0.25) is 4.79 Å². The summed E-state index contributed by atoms with van der Waals surface area (Å²) >= 11 is 1.26. The molecule has 1 aromatic heterocycles. The van der Waals surface area contributed by atoms with Crippen molar-refractivity contribution in [1.29, 1.82) is 0 Å². The highest BCUT2D eigenvalue weighted by Crippen LogP contribution is 2.31. The van der Waals surface area contributed by atoms with E-state index in [0.717, 1.165) is 11.1 Å². The van der Waals surface area contributed by atoms with Crippen LogP contribution in [0.4, 0.5) is 5.13 Å². The van der Waals surface area contributed by atoms with Gasteiger partial charge in [-0.25, -0.2) is 13.4 Å². The molecule has 146 valence electrons. The van der Waals surface area contributed by atoms with Crippen LogP contribution < -0.4 is 5.32 Å². The van der Waals surface area contributed by atoms with Crippen LogP contribution in [0.2, 0.25) is 0 Å². The van der Waals surface area contributed by atoms with E-state index in [9.17, 15) is 13.2 Å². The van der Waals surface area contributed by atoms with Gasteiger partial charge >= 0.3 is 0 Å². The zero-order valence-corrected chi connectivity index (χ0v) is 17.2. The summed E-state index contributed by atoms with van der Waals surface area (Å²) in [4.78, 5) is 17.8. The van der Waals surface area contributed by atoms with Crippen LogP contribution in [-0.4, -0.2) is 25.6 Å². The number of benzene rings is 3. The number of amides is 1. The van der Waals surface area contributed by atoms with Crippen LogP contribution in [0.15, 0.2) is 83.8 Å². The molecule has 4 rings (SSSR count). The number of aromatic nitrogens is 1. The minimum Gasteiger partial charge on any atom is -0.301 e. The zero-order valence-electron chi connectivity index (χ0n) is 15.6. The van der Waals surface area contributed by atoms with Crippen molar-refractivity contribution in [3.05, 3.63) is 90.0 Å². The first-order valence-corrected chi connectivity index (χ1v) is 11.6. The maximum absolute atomic E-state index is 13.2. The molecule has 0 spiro atoms. The summed E-state index contributed by atoms with van der Waals surface area (Å²) in [6.07, 6.45) is 1.17. The molecular formula is C22H18N2O3S2. The number of hydrogen-bond donors (Lipinski definition) is 1. The fraction of sp³-hybridized carbons (Fsp3) is 0.0909. The standard InChI is InChI=1S/C22H18N2O3S2/c1-29(26,27)17-12-13-18-19(14-17)28-22(23-18)24-21(25)20(15-8-4-2-5-9-15)16-10-6-3-7-11-16/h2-14,20H,1H3,(H,23,24,25). The maximum atomic E-state index is 13.2. The van der Waals surface area contributed by atoms with Crippen LogP contribution in [0.25, 0.3) is 10.2 Å². The van der Waals surface area contributed by atoms with E-state index in [-0.39, 0.29) is 10.8 Å². The third-order valence-electron chi connectivity index (χ3n) is 4.55. The zero-order chi connectivity index (χ0) is 20.4. The quantitative estimate of drug-likeness (QED) is 0.515. The van der Waals surface area contributed by atoms with Gasteiger partial charge in [0.25, 0.3) is 0 Å². The van der Waals surface area contributed by atoms with E-state index in [1.54, 1.807) is 12.1 Å². The number of thiazole rings is 1. The Kier molecular flexibility index (Phi) is 5.17. The molecule has 3 aromatic carbocycles. The lowest BCUT2D eigenvalue weighted by atomic mass is 9.90. The lowest BCUT2D eigenvalue weighted by molar-refractivity contribution is -0.116. The van der Waals surface area contributed by atoms with Gasteiger partial charge in [-0.15, -0.1) is 0 Å². The highest BCUT2D eigenvalue weighted by molar-refractivity contribution is 7.90. The third-order valence-corrected chi connectivity index (χ3v) is 6.59. The van der Waals surface area contributed by atoms with Crippen molar-refractivity contribution in [2.75, 3.05) is 11.6 Å². The monoisotopic (exact) mass is 422 g/mol. The molecule has 1 heterocycles. The molecule has 1 amide bonds. The number of carbonyl (C=O) groups excluding carboxylic acids is 1. The van der Waals surface area contributed by atoms with Gasteiger partial charge in [-0.2, -0.15) is 0 Å². The Hall–Kier alpha value is -3.03. The van der Waals surface area contributed by atoms with Crippen LogP contribution in [0, 0.1) is 0 Å². The summed E-state index contributed by atoms with van der Waals surface area (Å²) in [7, 11) is -3.30. The van der Waals surface area contributed by atoms with E-state index in [0.29, 0.717) is 15.3 Å². The predicted molar refractivity (Wildman–Crippen MR) is 116 cm³/mol. The van der Waals surface area contributed by atoms with E-state index in [1.807, 2.05) is 60.7 Å². The average Bonchev–Trinajstić information content (AvgIpc) is 3.10. The molecule has 0 saturated carbocycles. The van der Waals surface area contributed by atoms with Crippen LogP contribution in [0.1, 0.15) is 17.0 Å². The summed E-state index contributed by atoms with van der Waals surface area (Å²) < 4.78 is 24.3. The van der Waals surface area contributed by atoms with Crippen LogP contribution >= 0.6 is 11.3 Å². The third kappa shape index (κ3) is 4.21. The minimum absolute atomic E-state index is 0.190. The van der Waals surface area contributed by atoms with Crippen molar-refractivity contribution in [2.45, 2.75) is 10.8 Å². The number of sulfone groups is 1. The topological polar surface area (TPSA) is 76.1 Å². The Morgan fingerprint density at radius 1 is 0.931 bits per heavy atom. The number of anilines is 1. The summed E-state index contributed by atoms with van der Waals surface area (Å²) in [6.45, 7) is 0. The Balaban J connectivity index is 1.67. The molecule has 1 N–H and O–H groups in total. The van der Waals surface area contributed by atoms with Gasteiger partial charge in [0.2, 0.25) is 5.91 Å². The Morgan fingerprint density at radius 2 is 1.52 bits per heavy atom. The molecule has 7 heteroatoms. The molecule has 4 aromatic rings. The molecule has 0 aliphatic carbocycles. The van der Waals surface area contributed by atoms with Crippen molar-refractivity contribution in [2.24, 2.45) is 0 Å². The van der Waals surface area contributed by atoms with Gasteiger partial charge in [-0.1, -0.05) is 72.0 Å². The van der Waals surface area contributed by atoms with Crippen LogP contribution in [-0.2, 0) is 14.6 Å². The number of carbonyl (C=O) groups is 1.